The second-order valence-electron chi connectivity index (χ2n) is 5.15. The third-order valence-electron chi connectivity index (χ3n) is 3.56. The van der Waals surface area contributed by atoms with Crippen LogP contribution in [-0.4, -0.2) is 20.8 Å². The maximum Gasteiger partial charge on any atom is 0.417 e. The fraction of sp³-hybridized carbons (Fsp3) is 0.400. The van der Waals surface area contributed by atoms with E-state index in [0.29, 0.717) is 11.9 Å². The Morgan fingerprint density at radius 1 is 1.25 bits per heavy atom. The Morgan fingerprint density at radius 3 is 2.42 bits per heavy atom. The van der Waals surface area contributed by atoms with Gasteiger partial charge in [0, 0.05) is 12.2 Å². The number of nitrogens with one attached hydrogen (secondary N) is 1. The third kappa shape index (κ3) is 3.87. The number of aromatic nitrogens is 3. The Hall–Kier alpha value is -2.09. The molecule has 0 radical (unpaired) electrons. The van der Waals surface area contributed by atoms with Crippen molar-refractivity contribution in [1.82, 2.24) is 14.8 Å². The van der Waals surface area contributed by atoms with Gasteiger partial charge in [-0.3, -0.25) is 4.79 Å². The van der Waals surface area contributed by atoms with Gasteiger partial charge in [-0.2, -0.15) is 23.0 Å². The summed E-state index contributed by atoms with van der Waals surface area (Å²) < 4.78 is 38.5. The van der Waals surface area contributed by atoms with Crippen LogP contribution < -0.4 is 10.9 Å². The Morgan fingerprint density at radius 2 is 1.92 bits per heavy atom. The Kier molecular flexibility index (Phi) is 5.48. The van der Waals surface area contributed by atoms with E-state index in [4.69, 9.17) is 11.6 Å². The van der Waals surface area contributed by atoms with E-state index in [9.17, 15) is 18.0 Å². The van der Waals surface area contributed by atoms with Gasteiger partial charge in [0.2, 0.25) is 0 Å². The summed E-state index contributed by atoms with van der Waals surface area (Å²) in [5, 5.41) is 6.97. The van der Waals surface area contributed by atoms with Crippen molar-refractivity contribution in [2.45, 2.75) is 38.9 Å². The molecule has 24 heavy (non-hydrogen) atoms. The lowest BCUT2D eigenvalue weighted by molar-refractivity contribution is -0.137. The van der Waals surface area contributed by atoms with Gasteiger partial charge in [0.1, 0.15) is 5.02 Å². The predicted molar refractivity (Wildman–Crippen MR) is 85.6 cm³/mol. The van der Waals surface area contributed by atoms with Crippen LogP contribution in [0, 0.1) is 0 Å². The topological polar surface area (TPSA) is 59.8 Å². The molecular weight excluding hydrogens is 345 g/mol. The summed E-state index contributed by atoms with van der Waals surface area (Å²) in [6.45, 7) is 3.99. The number of nitrogens with zero attached hydrogens (tertiary/aromatic N) is 3. The molecule has 0 spiro atoms. The van der Waals surface area contributed by atoms with Crippen LogP contribution in [0.3, 0.4) is 0 Å². The molecule has 0 amide bonds. The zero-order valence-corrected chi connectivity index (χ0v) is 13.8. The van der Waals surface area contributed by atoms with E-state index in [1.165, 1.54) is 6.20 Å². The summed E-state index contributed by atoms with van der Waals surface area (Å²) in [6.07, 6.45) is -0.799. The van der Waals surface area contributed by atoms with Crippen molar-refractivity contribution in [2.24, 2.45) is 0 Å². The number of rotatable bonds is 5. The third-order valence-corrected chi connectivity index (χ3v) is 3.92. The first-order valence-corrected chi connectivity index (χ1v) is 7.73. The molecule has 0 fully saturated rings. The van der Waals surface area contributed by atoms with Crippen molar-refractivity contribution < 1.29 is 13.2 Å². The summed E-state index contributed by atoms with van der Waals surface area (Å²) in [7, 11) is 0. The maximum atomic E-state index is 12.6. The second-order valence-corrected chi connectivity index (χ2v) is 5.53. The highest BCUT2D eigenvalue weighted by molar-refractivity contribution is 6.32. The van der Waals surface area contributed by atoms with Gasteiger partial charge in [0.05, 0.1) is 17.4 Å². The Labute approximate surface area is 141 Å². The number of pyridine rings is 1. The lowest BCUT2D eigenvalue weighted by Crippen LogP contribution is -2.26. The number of hydrogen-bond donors (Lipinski definition) is 1. The van der Waals surface area contributed by atoms with Crippen molar-refractivity contribution in [3.05, 3.63) is 45.5 Å². The number of alkyl halides is 3. The molecule has 5 nitrogen and oxygen atoms in total. The zero-order valence-electron chi connectivity index (χ0n) is 13.1. The number of hydrogen-bond acceptors (Lipinski definition) is 4. The van der Waals surface area contributed by atoms with Gasteiger partial charge >= 0.3 is 6.18 Å². The Bertz CT molecular complexity index is 755. The normalized spacial score (nSPS) is 11.8. The van der Waals surface area contributed by atoms with Gasteiger partial charge in [-0.05, 0) is 25.0 Å². The predicted octanol–water partition coefficient (Wildman–Crippen LogP) is 3.90. The highest BCUT2D eigenvalue weighted by Gasteiger charge is 2.30. The van der Waals surface area contributed by atoms with Crippen molar-refractivity contribution >= 4 is 17.3 Å². The van der Waals surface area contributed by atoms with Crippen LogP contribution in [0.1, 0.15) is 32.3 Å². The van der Waals surface area contributed by atoms with Crippen molar-refractivity contribution in [3.8, 4) is 5.82 Å². The highest BCUT2D eigenvalue weighted by atomic mass is 35.5. The number of halogens is 4. The molecular formula is C15H16ClF3N4O. The molecule has 2 aromatic rings. The van der Waals surface area contributed by atoms with Crippen LogP contribution in [0.4, 0.5) is 18.9 Å². The molecule has 0 atom stereocenters. The van der Waals surface area contributed by atoms with E-state index in [0.717, 1.165) is 29.7 Å². The largest absolute Gasteiger partial charge is 0.417 e. The molecule has 9 heteroatoms. The minimum atomic E-state index is -4.50. The molecule has 2 aromatic heterocycles. The van der Waals surface area contributed by atoms with Crippen LogP contribution in [0.25, 0.3) is 5.82 Å². The quantitative estimate of drug-likeness (QED) is 0.878. The van der Waals surface area contributed by atoms with Crippen LogP contribution in [0.2, 0.25) is 5.02 Å². The van der Waals surface area contributed by atoms with Crippen molar-refractivity contribution in [3.63, 3.8) is 0 Å². The average Bonchev–Trinajstić information content (AvgIpc) is 2.55. The van der Waals surface area contributed by atoms with Gasteiger partial charge in [-0.15, -0.1) is 0 Å². The second kappa shape index (κ2) is 7.21. The lowest BCUT2D eigenvalue weighted by Gasteiger charge is -2.17. The molecule has 0 bridgehead atoms. The van der Waals surface area contributed by atoms with E-state index >= 15 is 0 Å². The molecule has 0 unspecified atom stereocenters. The molecule has 0 aromatic carbocycles. The molecule has 0 saturated carbocycles. The van der Waals surface area contributed by atoms with Crippen LogP contribution >= 0.6 is 11.6 Å². The van der Waals surface area contributed by atoms with E-state index < -0.39 is 17.3 Å². The molecule has 1 N–H and O–H groups in total. The first kappa shape index (κ1) is 18.3. The first-order chi connectivity index (χ1) is 11.3. The van der Waals surface area contributed by atoms with E-state index in [1.807, 2.05) is 13.8 Å². The van der Waals surface area contributed by atoms with E-state index in [2.05, 4.69) is 15.4 Å². The van der Waals surface area contributed by atoms with E-state index in [-0.39, 0.29) is 16.9 Å². The molecule has 0 saturated heterocycles. The summed E-state index contributed by atoms with van der Waals surface area (Å²) in [5.41, 5.74) is -1.17. The lowest BCUT2D eigenvalue weighted by atomic mass is 10.1. The fourth-order valence-corrected chi connectivity index (χ4v) is 2.27. The van der Waals surface area contributed by atoms with Gasteiger partial charge in [0.15, 0.2) is 5.82 Å². The molecule has 0 aliphatic heterocycles. The Balaban J connectivity index is 2.36. The highest BCUT2D eigenvalue weighted by Crippen LogP contribution is 2.28. The number of anilines is 1. The summed E-state index contributed by atoms with van der Waals surface area (Å²) >= 11 is 6.07. The fourth-order valence-electron chi connectivity index (χ4n) is 2.09. The van der Waals surface area contributed by atoms with Crippen molar-refractivity contribution in [2.75, 3.05) is 5.32 Å². The van der Waals surface area contributed by atoms with Gasteiger partial charge in [-0.25, -0.2) is 4.98 Å². The minimum Gasteiger partial charge on any atom is -0.380 e. The molecule has 0 aliphatic carbocycles. The smallest absolute Gasteiger partial charge is 0.380 e. The maximum absolute atomic E-state index is 12.6. The van der Waals surface area contributed by atoms with Gasteiger partial charge < -0.3 is 5.32 Å². The summed E-state index contributed by atoms with van der Waals surface area (Å²) in [5.74, 6) is -0.0380. The standard InChI is InChI=1S/C15H16ClF3N4O/c1-3-10(4-2)22-11-8-21-23(14(24)13(11)16)12-6-5-9(7-20-12)15(17,18)19/h5-8,10,22H,3-4H2,1-2H3. The van der Waals surface area contributed by atoms with Gasteiger partial charge in [-0.1, -0.05) is 25.4 Å². The monoisotopic (exact) mass is 360 g/mol. The van der Waals surface area contributed by atoms with Crippen LogP contribution in [-0.2, 0) is 6.18 Å². The van der Waals surface area contributed by atoms with Crippen molar-refractivity contribution in [1.29, 1.82) is 0 Å². The summed E-state index contributed by atoms with van der Waals surface area (Å²) in [6, 6.07) is 2.05. The van der Waals surface area contributed by atoms with E-state index in [1.54, 1.807) is 0 Å². The first-order valence-electron chi connectivity index (χ1n) is 7.35. The molecule has 2 heterocycles. The molecule has 130 valence electrons. The molecule has 0 aliphatic rings. The van der Waals surface area contributed by atoms with Gasteiger partial charge in [0.25, 0.3) is 5.56 Å². The molecule has 2 rings (SSSR count). The summed E-state index contributed by atoms with van der Waals surface area (Å²) in [4.78, 5) is 15.9. The van der Waals surface area contributed by atoms with Crippen LogP contribution in [0.5, 0.6) is 0 Å². The average molecular weight is 361 g/mol. The SMILES string of the molecule is CCC(CC)Nc1cnn(-c2ccc(C(F)(F)F)cn2)c(=O)c1Cl. The van der Waals surface area contributed by atoms with Crippen LogP contribution in [0.15, 0.2) is 29.3 Å². The zero-order chi connectivity index (χ0) is 17.9. The minimum absolute atomic E-state index is 0.0380.